The lowest BCUT2D eigenvalue weighted by molar-refractivity contribution is -0.143. The highest BCUT2D eigenvalue weighted by molar-refractivity contribution is 5.83. The van der Waals surface area contributed by atoms with E-state index in [0.29, 0.717) is 31.7 Å². The van der Waals surface area contributed by atoms with Crippen LogP contribution < -0.4 is 0 Å². The molecule has 2 rings (SSSR count). The maximum atomic E-state index is 13.2. The van der Waals surface area contributed by atoms with E-state index in [2.05, 4.69) is 0 Å². The van der Waals surface area contributed by atoms with Crippen LogP contribution in [0.1, 0.15) is 31.2 Å². The molecule has 0 saturated heterocycles. The Kier molecular flexibility index (Phi) is 2.77. The van der Waals surface area contributed by atoms with Gasteiger partial charge in [-0.1, -0.05) is 12.8 Å². The van der Waals surface area contributed by atoms with Crippen LogP contribution in [0.15, 0.2) is 12.1 Å². The Labute approximate surface area is 96.7 Å². The van der Waals surface area contributed by atoms with Gasteiger partial charge in [0.25, 0.3) is 0 Å². The van der Waals surface area contributed by atoms with Crippen LogP contribution in [0.5, 0.6) is 5.75 Å². The van der Waals surface area contributed by atoms with E-state index >= 15 is 0 Å². The van der Waals surface area contributed by atoms with E-state index in [4.69, 9.17) is 0 Å². The average molecular weight is 242 g/mol. The second-order valence-electron chi connectivity index (χ2n) is 4.38. The highest BCUT2D eigenvalue weighted by Gasteiger charge is 2.45. The Bertz CT molecular complexity index is 465. The van der Waals surface area contributed by atoms with Gasteiger partial charge < -0.3 is 10.2 Å². The Morgan fingerprint density at radius 2 is 1.82 bits per heavy atom. The minimum absolute atomic E-state index is 0.153. The SMILES string of the molecule is O=C(O)C1(c2cc(F)cc(F)c2O)CCCC1. The fourth-order valence-electron chi connectivity index (χ4n) is 2.51. The molecule has 2 N–H and O–H groups in total. The molecule has 3 nitrogen and oxygen atoms in total. The molecule has 0 spiro atoms. The van der Waals surface area contributed by atoms with E-state index in [9.17, 15) is 23.8 Å². The minimum atomic E-state index is -1.35. The first-order valence-corrected chi connectivity index (χ1v) is 5.39. The first-order chi connectivity index (χ1) is 7.97. The molecule has 0 radical (unpaired) electrons. The molecular formula is C12H12F2O3. The molecule has 1 aromatic carbocycles. The van der Waals surface area contributed by atoms with E-state index in [0.717, 1.165) is 6.07 Å². The summed E-state index contributed by atoms with van der Waals surface area (Å²) in [7, 11) is 0. The van der Waals surface area contributed by atoms with Crippen LogP contribution in [0.3, 0.4) is 0 Å². The van der Waals surface area contributed by atoms with Crippen molar-refractivity contribution in [3.05, 3.63) is 29.3 Å². The van der Waals surface area contributed by atoms with Gasteiger partial charge in [0.05, 0.1) is 5.41 Å². The van der Waals surface area contributed by atoms with Gasteiger partial charge in [-0.15, -0.1) is 0 Å². The summed E-state index contributed by atoms with van der Waals surface area (Å²) in [5.74, 6) is -3.89. The topological polar surface area (TPSA) is 57.5 Å². The number of halogens is 2. The third-order valence-corrected chi connectivity index (χ3v) is 3.41. The van der Waals surface area contributed by atoms with Gasteiger partial charge >= 0.3 is 5.97 Å². The maximum absolute atomic E-state index is 13.2. The van der Waals surface area contributed by atoms with Crippen LogP contribution in [-0.4, -0.2) is 16.2 Å². The largest absolute Gasteiger partial charge is 0.505 e. The summed E-state index contributed by atoms with van der Waals surface area (Å²) in [5, 5.41) is 18.9. The lowest BCUT2D eigenvalue weighted by Gasteiger charge is -2.25. The molecule has 1 fully saturated rings. The molecule has 0 aliphatic heterocycles. The first-order valence-electron chi connectivity index (χ1n) is 5.39. The number of hydrogen-bond donors (Lipinski definition) is 2. The molecule has 0 bridgehead atoms. The molecule has 92 valence electrons. The number of benzene rings is 1. The van der Waals surface area contributed by atoms with Gasteiger partial charge in [0, 0.05) is 11.6 Å². The molecule has 1 aromatic rings. The van der Waals surface area contributed by atoms with Crippen molar-refractivity contribution >= 4 is 5.97 Å². The zero-order valence-electron chi connectivity index (χ0n) is 9.04. The van der Waals surface area contributed by atoms with Crippen LogP contribution in [0.4, 0.5) is 8.78 Å². The van der Waals surface area contributed by atoms with Crippen molar-refractivity contribution in [2.75, 3.05) is 0 Å². The highest BCUT2D eigenvalue weighted by Crippen LogP contribution is 2.45. The predicted octanol–water partition coefficient (Wildman–Crippen LogP) is 2.57. The van der Waals surface area contributed by atoms with Crippen molar-refractivity contribution in [2.24, 2.45) is 0 Å². The summed E-state index contributed by atoms with van der Waals surface area (Å²) in [5.41, 5.74) is -1.51. The van der Waals surface area contributed by atoms with Gasteiger partial charge in [0.2, 0.25) is 0 Å². The molecule has 1 aliphatic rings. The molecule has 17 heavy (non-hydrogen) atoms. The van der Waals surface area contributed by atoms with Crippen LogP contribution >= 0.6 is 0 Å². The second kappa shape index (κ2) is 3.98. The van der Waals surface area contributed by atoms with Crippen LogP contribution in [0.2, 0.25) is 0 Å². The van der Waals surface area contributed by atoms with Crippen molar-refractivity contribution in [3.8, 4) is 5.75 Å². The Balaban J connectivity index is 2.62. The molecule has 1 aliphatic carbocycles. The summed E-state index contributed by atoms with van der Waals surface area (Å²) >= 11 is 0. The number of aliphatic carboxylic acids is 1. The third kappa shape index (κ3) is 1.75. The van der Waals surface area contributed by atoms with Gasteiger partial charge in [0.15, 0.2) is 11.6 Å². The quantitative estimate of drug-likeness (QED) is 0.837. The van der Waals surface area contributed by atoms with Crippen LogP contribution in [0.25, 0.3) is 0 Å². The summed E-state index contributed by atoms with van der Waals surface area (Å²) in [6.45, 7) is 0. The number of carbonyl (C=O) groups is 1. The highest BCUT2D eigenvalue weighted by atomic mass is 19.1. The summed E-state index contributed by atoms with van der Waals surface area (Å²) < 4.78 is 26.4. The number of phenols is 1. The van der Waals surface area contributed by atoms with Gasteiger partial charge in [-0.2, -0.15) is 0 Å². The van der Waals surface area contributed by atoms with Crippen LogP contribution in [0, 0.1) is 11.6 Å². The van der Waals surface area contributed by atoms with Crippen molar-refractivity contribution in [1.29, 1.82) is 0 Å². The molecule has 0 atom stereocenters. The van der Waals surface area contributed by atoms with Gasteiger partial charge in [0.1, 0.15) is 5.82 Å². The summed E-state index contributed by atoms with van der Waals surface area (Å²) in [6, 6.07) is 1.46. The van der Waals surface area contributed by atoms with E-state index < -0.39 is 28.8 Å². The number of carboxylic acids is 1. The average Bonchev–Trinajstić information content (AvgIpc) is 2.73. The Morgan fingerprint density at radius 1 is 1.24 bits per heavy atom. The summed E-state index contributed by atoms with van der Waals surface area (Å²) in [4.78, 5) is 11.3. The smallest absolute Gasteiger partial charge is 0.314 e. The van der Waals surface area contributed by atoms with E-state index in [1.165, 1.54) is 0 Å². The molecule has 1 saturated carbocycles. The molecule has 0 amide bonds. The van der Waals surface area contributed by atoms with Crippen molar-refractivity contribution in [2.45, 2.75) is 31.1 Å². The number of rotatable bonds is 2. The van der Waals surface area contributed by atoms with Crippen LogP contribution in [-0.2, 0) is 10.2 Å². The maximum Gasteiger partial charge on any atom is 0.314 e. The first kappa shape index (κ1) is 11.8. The van der Waals surface area contributed by atoms with E-state index in [1.807, 2.05) is 0 Å². The summed E-state index contributed by atoms with van der Waals surface area (Å²) in [6.07, 6.45) is 1.92. The normalized spacial score (nSPS) is 18.2. The second-order valence-corrected chi connectivity index (χ2v) is 4.38. The molecule has 0 aromatic heterocycles. The minimum Gasteiger partial charge on any atom is -0.505 e. The monoisotopic (exact) mass is 242 g/mol. The molecular weight excluding hydrogens is 230 g/mol. The Hall–Kier alpha value is -1.65. The van der Waals surface area contributed by atoms with Crippen molar-refractivity contribution in [1.82, 2.24) is 0 Å². The molecule has 0 heterocycles. The van der Waals surface area contributed by atoms with Gasteiger partial charge in [-0.25, -0.2) is 8.78 Å². The van der Waals surface area contributed by atoms with E-state index in [-0.39, 0.29) is 5.56 Å². The third-order valence-electron chi connectivity index (χ3n) is 3.41. The number of hydrogen-bond acceptors (Lipinski definition) is 2. The fraction of sp³-hybridized carbons (Fsp3) is 0.417. The van der Waals surface area contributed by atoms with Crippen molar-refractivity contribution in [3.63, 3.8) is 0 Å². The Morgan fingerprint density at radius 3 is 2.35 bits per heavy atom. The standard InChI is InChI=1S/C12H12F2O3/c13-7-5-8(10(15)9(14)6-7)12(11(16)17)3-1-2-4-12/h5-6,15H,1-4H2,(H,16,17). The fourth-order valence-corrected chi connectivity index (χ4v) is 2.51. The molecule has 0 unspecified atom stereocenters. The number of phenolic OH excluding ortho intramolecular Hbond substituents is 1. The molecule has 5 heteroatoms. The zero-order valence-corrected chi connectivity index (χ0v) is 9.04. The zero-order chi connectivity index (χ0) is 12.6. The van der Waals surface area contributed by atoms with E-state index in [1.54, 1.807) is 0 Å². The van der Waals surface area contributed by atoms with Gasteiger partial charge in [-0.3, -0.25) is 4.79 Å². The van der Waals surface area contributed by atoms with Gasteiger partial charge in [-0.05, 0) is 18.9 Å². The predicted molar refractivity (Wildman–Crippen MR) is 55.8 cm³/mol. The lowest BCUT2D eigenvalue weighted by Crippen LogP contribution is -2.33. The number of aromatic hydroxyl groups is 1. The van der Waals surface area contributed by atoms with Crippen molar-refractivity contribution < 1.29 is 23.8 Å². The lowest BCUT2D eigenvalue weighted by atomic mass is 9.78. The number of carboxylic acid groups (broad SMARTS) is 1.